The Balaban J connectivity index is 2.10. The summed E-state index contributed by atoms with van der Waals surface area (Å²) < 4.78 is 23.6. The summed E-state index contributed by atoms with van der Waals surface area (Å²) in [6.45, 7) is 0.347. The lowest BCUT2D eigenvalue weighted by Gasteiger charge is -2.10. The van der Waals surface area contributed by atoms with E-state index >= 15 is 0 Å². The van der Waals surface area contributed by atoms with Gasteiger partial charge in [0.1, 0.15) is 28.9 Å². The average molecular weight is 291 g/mol. The van der Waals surface area contributed by atoms with Crippen molar-refractivity contribution in [1.29, 1.82) is 0 Å². The smallest absolute Gasteiger partial charge is 0.129 e. The Bertz CT molecular complexity index is 614. The lowest BCUT2D eigenvalue weighted by atomic mass is 10.1. The van der Waals surface area contributed by atoms with Gasteiger partial charge in [0.25, 0.3) is 0 Å². The Labute approximate surface area is 122 Å². The molecule has 104 valence electrons. The van der Waals surface area contributed by atoms with Gasteiger partial charge in [-0.25, -0.2) is 4.39 Å². The Hall–Kier alpha value is -2.14. The average Bonchev–Trinajstić information content (AvgIpc) is 2.46. The Kier molecular flexibility index (Phi) is 4.53. The predicted molar refractivity (Wildman–Crippen MR) is 79.6 cm³/mol. The summed E-state index contributed by atoms with van der Waals surface area (Å²) in [6, 6.07) is 11.3. The van der Waals surface area contributed by atoms with Crippen LogP contribution in [0.25, 0.3) is 0 Å². The van der Waals surface area contributed by atoms with E-state index in [1.165, 1.54) is 12.1 Å². The highest BCUT2D eigenvalue weighted by Crippen LogP contribution is 2.21. The first-order chi connectivity index (χ1) is 9.60. The van der Waals surface area contributed by atoms with E-state index in [1.807, 2.05) is 12.1 Å². The van der Waals surface area contributed by atoms with Gasteiger partial charge in [-0.1, -0.05) is 18.3 Å². The molecule has 0 aliphatic carbocycles. The fourth-order valence-electron chi connectivity index (χ4n) is 1.73. The summed E-state index contributed by atoms with van der Waals surface area (Å²) in [7, 11) is 1.56. The topological polar surface area (TPSA) is 44.5 Å². The minimum absolute atomic E-state index is 0.285. The summed E-state index contributed by atoms with van der Waals surface area (Å²) in [5, 5.41) is 0. The van der Waals surface area contributed by atoms with E-state index in [0.29, 0.717) is 23.7 Å². The maximum Gasteiger partial charge on any atom is 0.129 e. The van der Waals surface area contributed by atoms with E-state index in [-0.39, 0.29) is 10.8 Å². The minimum Gasteiger partial charge on any atom is -0.496 e. The molecule has 2 aromatic rings. The fourth-order valence-corrected chi connectivity index (χ4v) is 1.90. The summed E-state index contributed by atoms with van der Waals surface area (Å²) in [5.74, 6) is 0.918. The van der Waals surface area contributed by atoms with Gasteiger partial charge in [-0.2, -0.15) is 0 Å². The summed E-state index contributed by atoms with van der Waals surface area (Å²) >= 11 is 4.94. The molecule has 0 aromatic heterocycles. The fraction of sp³-hybridized carbons (Fsp3) is 0.133. The number of rotatable bonds is 5. The van der Waals surface area contributed by atoms with Crippen molar-refractivity contribution in [1.82, 2.24) is 0 Å². The second kappa shape index (κ2) is 6.34. The van der Waals surface area contributed by atoms with Crippen LogP contribution in [0.15, 0.2) is 42.5 Å². The van der Waals surface area contributed by atoms with Crippen molar-refractivity contribution in [2.75, 3.05) is 7.11 Å². The molecule has 0 amide bonds. The predicted octanol–water partition coefficient (Wildman–Crippen LogP) is 3.05. The summed E-state index contributed by atoms with van der Waals surface area (Å²) in [4.78, 5) is 0.285. The van der Waals surface area contributed by atoms with Crippen LogP contribution in [0.4, 0.5) is 4.39 Å². The van der Waals surface area contributed by atoms with E-state index in [0.717, 1.165) is 5.56 Å². The zero-order valence-electron chi connectivity index (χ0n) is 10.9. The molecule has 20 heavy (non-hydrogen) atoms. The van der Waals surface area contributed by atoms with Gasteiger partial charge in [-0.05, 0) is 42.0 Å². The number of halogens is 1. The third-order valence-electron chi connectivity index (χ3n) is 2.75. The normalized spacial score (nSPS) is 10.1. The van der Waals surface area contributed by atoms with E-state index in [9.17, 15) is 4.39 Å². The molecule has 0 aliphatic rings. The number of hydrogen-bond acceptors (Lipinski definition) is 3. The Morgan fingerprint density at radius 3 is 2.50 bits per heavy atom. The highest BCUT2D eigenvalue weighted by molar-refractivity contribution is 7.80. The third-order valence-corrected chi connectivity index (χ3v) is 2.97. The summed E-state index contributed by atoms with van der Waals surface area (Å²) in [6.07, 6.45) is 0. The molecule has 0 atom stereocenters. The van der Waals surface area contributed by atoms with Crippen molar-refractivity contribution in [3.05, 3.63) is 59.4 Å². The molecular formula is C15H14FNO2S. The van der Waals surface area contributed by atoms with Crippen LogP contribution in [0.3, 0.4) is 0 Å². The number of thiocarbonyl (C=S) groups is 1. The van der Waals surface area contributed by atoms with Crippen molar-refractivity contribution >= 4 is 17.2 Å². The van der Waals surface area contributed by atoms with Gasteiger partial charge in [-0.3, -0.25) is 0 Å². The van der Waals surface area contributed by atoms with Gasteiger partial charge < -0.3 is 15.2 Å². The molecule has 5 heteroatoms. The van der Waals surface area contributed by atoms with Gasteiger partial charge in [0.05, 0.1) is 12.7 Å². The highest BCUT2D eigenvalue weighted by atomic mass is 32.1. The van der Waals surface area contributed by atoms with Gasteiger partial charge in [-0.15, -0.1) is 0 Å². The van der Waals surface area contributed by atoms with Crippen LogP contribution in [-0.2, 0) is 6.61 Å². The van der Waals surface area contributed by atoms with E-state index in [1.54, 1.807) is 25.3 Å². The summed E-state index contributed by atoms with van der Waals surface area (Å²) in [5.41, 5.74) is 7.20. The lowest BCUT2D eigenvalue weighted by Crippen LogP contribution is -2.11. The number of nitrogens with two attached hydrogens (primary N) is 1. The zero-order valence-corrected chi connectivity index (χ0v) is 11.7. The first kappa shape index (κ1) is 14.3. The van der Waals surface area contributed by atoms with E-state index < -0.39 is 0 Å². The van der Waals surface area contributed by atoms with Gasteiger partial charge in [0, 0.05) is 0 Å². The molecule has 0 heterocycles. The molecule has 0 aliphatic heterocycles. The number of hydrogen-bond donors (Lipinski definition) is 1. The van der Waals surface area contributed by atoms with Gasteiger partial charge in [0.15, 0.2) is 0 Å². The minimum atomic E-state index is -0.292. The zero-order chi connectivity index (χ0) is 14.5. The molecule has 2 rings (SSSR count). The van der Waals surface area contributed by atoms with E-state index in [4.69, 9.17) is 27.4 Å². The molecule has 0 bridgehead atoms. The largest absolute Gasteiger partial charge is 0.496 e. The molecule has 0 saturated heterocycles. The lowest BCUT2D eigenvalue weighted by molar-refractivity contribution is 0.304. The SMILES string of the molecule is COc1cc(COc2ccc(F)cc2)ccc1C(N)=S. The van der Waals surface area contributed by atoms with Crippen molar-refractivity contribution in [3.8, 4) is 11.5 Å². The molecule has 0 spiro atoms. The van der Waals surface area contributed by atoms with Crippen LogP contribution in [-0.4, -0.2) is 12.1 Å². The van der Waals surface area contributed by atoms with Crippen molar-refractivity contribution < 1.29 is 13.9 Å². The third kappa shape index (κ3) is 3.45. The molecule has 2 aromatic carbocycles. The maximum atomic E-state index is 12.8. The molecular weight excluding hydrogens is 277 g/mol. The molecule has 0 fully saturated rings. The van der Waals surface area contributed by atoms with Crippen LogP contribution >= 0.6 is 12.2 Å². The van der Waals surface area contributed by atoms with Gasteiger partial charge >= 0.3 is 0 Å². The second-order valence-electron chi connectivity index (χ2n) is 4.14. The quantitative estimate of drug-likeness (QED) is 0.860. The highest BCUT2D eigenvalue weighted by Gasteiger charge is 2.07. The van der Waals surface area contributed by atoms with Crippen LogP contribution < -0.4 is 15.2 Å². The van der Waals surface area contributed by atoms with Crippen LogP contribution in [0.1, 0.15) is 11.1 Å². The van der Waals surface area contributed by atoms with Crippen LogP contribution in [0.2, 0.25) is 0 Å². The number of ether oxygens (including phenoxy) is 2. The monoisotopic (exact) mass is 291 g/mol. The Morgan fingerprint density at radius 2 is 1.90 bits per heavy atom. The second-order valence-corrected chi connectivity index (χ2v) is 4.58. The van der Waals surface area contributed by atoms with Gasteiger partial charge in [0.2, 0.25) is 0 Å². The van der Waals surface area contributed by atoms with Crippen LogP contribution in [0, 0.1) is 5.82 Å². The first-order valence-electron chi connectivity index (χ1n) is 5.95. The molecule has 0 radical (unpaired) electrons. The van der Waals surface area contributed by atoms with E-state index in [2.05, 4.69) is 0 Å². The molecule has 0 unspecified atom stereocenters. The molecule has 3 nitrogen and oxygen atoms in total. The number of benzene rings is 2. The number of methoxy groups -OCH3 is 1. The standard InChI is InChI=1S/C15H14FNO2S/c1-18-14-8-10(2-7-13(14)15(17)20)9-19-12-5-3-11(16)4-6-12/h2-8H,9H2,1H3,(H2,17,20). The molecule has 0 saturated carbocycles. The molecule has 2 N–H and O–H groups in total. The Morgan fingerprint density at radius 1 is 1.20 bits per heavy atom. The van der Waals surface area contributed by atoms with Crippen molar-refractivity contribution in [2.24, 2.45) is 5.73 Å². The maximum absolute atomic E-state index is 12.8. The first-order valence-corrected chi connectivity index (χ1v) is 6.36. The van der Waals surface area contributed by atoms with Crippen molar-refractivity contribution in [3.63, 3.8) is 0 Å². The van der Waals surface area contributed by atoms with Crippen molar-refractivity contribution in [2.45, 2.75) is 6.61 Å². The van der Waals surface area contributed by atoms with Crippen LogP contribution in [0.5, 0.6) is 11.5 Å².